The van der Waals surface area contributed by atoms with E-state index in [-0.39, 0.29) is 23.2 Å². The van der Waals surface area contributed by atoms with Crippen LogP contribution >= 0.6 is 0 Å². The standard InChI is InChI=1S/C22H27FN2O/c1-17(21(26)24-15-18-9-11-20(23)12-10-18)25-16-22(13-5-6-14-22)19-7-3-2-4-8-19/h2-4,7-12,17,25H,5-6,13-16H2,1H3,(H,24,26). The van der Waals surface area contributed by atoms with Crippen molar-refractivity contribution in [2.75, 3.05) is 6.54 Å². The summed E-state index contributed by atoms with van der Waals surface area (Å²) in [6.07, 6.45) is 4.80. The zero-order chi connectivity index (χ0) is 18.4. The molecular formula is C22H27FN2O. The molecule has 3 rings (SSSR count). The molecule has 0 aromatic heterocycles. The van der Waals surface area contributed by atoms with Gasteiger partial charge in [-0.1, -0.05) is 55.3 Å². The maximum atomic E-state index is 12.9. The van der Waals surface area contributed by atoms with Crippen LogP contribution in [0.5, 0.6) is 0 Å². The number of nitrogens with one attached hydrogen (secondary N) is 2. The van der Waals surface area contributed by atoms with Crippen molar-refractivity contribution < 1.29 is 9.18 Å². The molecule has 4 heteroatoms. The molecule has 26 heavy (non-hydrogen) atoms. The molecule has 0 spiro atoms. The van der Waals surface area contributed by atoms with E-state index in [9.17, 15) is 9.18 Å². The number of halogens is 1. The minimum atomic E-state index is -0.267. The van der Waals surface area contributed by atoms with Gasteiger partial charge in [0, 0.05) is 18.5 Å². The zero-order valence-corrected chi connectivity index (χ0v) is 15.3. The summed E-state index contributed by atoms with van der Waals surface area (Å²) in [5.41, 5.74) is 2.39. The van der Waals surface area contributed by atoms with E-state index < -0.39 is 0 Å². The molecule has 1 saturated carbocycles. The molecule has 0 heterocycles. The van der Waals surface area contributed by atoms with Gasteiger partial charge in [0.1, 0.15) is 5.82 Å². The molecule has 0 radical (unpaired) electrons. The fraction of sp³-hybridized carbons (Fsp3) is 0.409. The van der Waals surface area contributed by atoms with Gasteiger partial charge < -0.3 is 10.6 Å². The number of benzene rings is 2. The fourth-order valence-corrected chi connectivity index (χ4v) is 3.80. The molecule has 138 valence electrons. The van der Waals surface area contributed by atoms with E-state index in [0.29, 0.717) is 6.54 Å². The third-order valence-corrected chi connectivity index (χ3v) is 5.47. The summed E-state index contributed by atoms with van der Waals surface area (Å²) in [5, 5.41) is 6.36. The maximum Gasteiger partial charge on any atom is 0.237 e. The van der Waals surface area contributed by atoms with Gasteiger partial charge >= 0.3 is 0 Å². The molecule has 1 amide bonds. The average molecular weight is 354 g/mol. The zero-order valence-electron chi connectivity index (χ0n) is 15.3. The van der Waals surface area contributed by atoms with Crippen molar-refractivity contribution in [3.63, 3.8) is 0 Å². The van der Waals surface area contributed by atoms with Crippen molar-refractivity contribution in [1.82, 2.24) is 10.6 Å². The lowest BCUT2D eigenvalue weighted by atomic mass is 9.78. The van der Waals surface area contributed by atoms with Crippen molar-refractivity contribution in [1.29, 1.82) is 0 Å². The smallest absolute Gasteiger partial charge is 0.237 e. The van der Waals surface area contributed by atoms with E-state index in [1.165, 1.54) is 30.5 Å². The Balaban J connectivity index is 1.54. The van der Waals surface area contributed by atoms with E-state index in [4.69, 9.17) is 0 Å². The van der Waals surface area contributed by atoms with Crippen molar-refractivity contribution >= 4 is 5.91 Å². The Morgan fingerprint density at radius 3 is 2.38 bits per heavy atom. The molecule has 1 aliphatic carbocycles. The summed E-state index contributed by atoms with van der Waals surface area (Å²) in [4.78, 5) is 12.4. The number of amides is 1. The van der Waals surface area contributed by atoms with E-state index >= 15 is 0 Å². The van der Waals surface area contributed by atoms with Crippen LogP contribution in [0.4, 0.5) is 4.39 Å². The summed E-state index contributed by atoms with van der Waals surface area (Å²) < 4.78 is 12.9. The van der Waals surface area contributed by atoms with E-state index in [1.807, 2.05) is 13.0 Å². The molecule has 1 atom stereocenters. The van der Waals surface area contributed by atoms with Gasteiger partial charge in [-0.2, -0.15) is 0 Å². The highest BCUT2D eigenvalue weighted by atomic mass is 19.1. The summed E-state index contributed by atoms with van der Waals surface area (Å²) in [6, 6.07) is 16.6. The van der Waals surface area contributed by atoms with Gasteiger partial charge in [0.05, 0.1) is 6.04 Å². The van der Waals surface area contributed by atoms with Crippen molar-refractivity contribution in [2.45, 2.75) is 50.6 Å². The number of carbonyl (C=O) groups is 1. The highest BCUT2D eigenvalue weighted by molar-refractivity contribution is 5.81. The highest BCUT2D eigenvalue weighted by Gasteiger charge is 2.35. The largest absolute Gasteiger partial charge is 0.351 e. The molecule has 2 aromatic rings. The Kier molecular flexibility index (Phi) is 6.04. The second-order valence-corrected chi connectivity index (χ2v) is 7.30. The SMILES string of the molecule is CC(NCC1(c2ccccc2)CCCC1)C(=O)NCc1ccc(F)cc1. The maximum absolute atomic E-state index is 12.9. The lowest BCUT2D eigenvalue weighted by molar-refractivity contribution is -0.123. The van der Waals surface area contributed by atoms with E-state index in [0.717, 1.165) is 24.9 Å². The molecule has 0 aliphatic heterocycles. The van der Waals surface area contributed by atoms with Crippen LogP contribution in [0.15, 0.2) is 54.6 Å². The van der Waals surface area contributed by atoms with Gasteiger partial charge in [0.25, 0.3) is 0 Å². The number of hydrogen-bond acceptors (Lipinski definition) is 2. The Morgan fingerprint density at radius 1 is 1.08 bits per heavy atom. The quantitative estimate of drug-likeness (QED) is 0.791. The van der Waals surface area contributed by atoms with Gasteiger partial charge in [-0.05, 0) is 43.0 Å². The van der Waals surface area contributed by atoms with Gasteiger partial charge in [-0.25, -0.2) is 4.39 Å². The predicted molar refractivity (Wildman–Crippen MR) is 102 cm³/mol. The minimum Gasteiger partial charge on any atom is -0.351 e. The third kappa shape index (κ3) is 4.50. The Labute approximate surface area is 155 Å². The number of carbonyl (C=O) groups excluding carboxylic acids is 1. The topological polar surface area (TPSA) is 41.1 Å². The predicted octanol–water partition coefficient (Wildman–Crippen LogP) is 3.93. The summed E-state index contributed by atoms with van der Waals surface area (Å²) in [6.45, 7) is 3.12. The van der Waals surface area contributed by atoms with Crippen LogP contribution in [0.2, 0.25) is 0 Å². The Hall–Kier alpha value is -2.20. The van der Waals surface area contributed by atoms with Crippen LogP contribution < -0.4 is 10.6 Å². The first kappa shape index (κ1) is 18.6. The molecule has 2 aromatic carbocycles. The van der Waals surface area contributed by atoms with Gasteiger partial charge in [-0.15, -0.1) is 0 Å². The van der Waals surface area contributed by atoms with Crippen LogP contribution in [-0.2, 0) is 16.8 Å². The molecule has 0 bridgehead atoms. The molecular weight excluding hydrogens is 327 g/mol. The minimum absolute atomic E-state index is 0.0319. The third-order valence-electron chi connectivity index (χ3n) is 5.47. The van der Waals surface area contributed by atoms with Crippen molar-refractivity contribution in [3.8, 4) is 0 Å². The van der Waals surface area contributed by atoms with Crippen molar-refractivity contribution in [3.05, 3.63) is 71.5 Å². The Bertz CT molecular complexity index is 709. The first-order valence-electron chi connectivity index (χ1n) is 9.40. The molecule has 1 aliphatic rings. The average Bonchev–Trinajstić information content (AvgIpc) is 3.16. The van der Waals surface area contributed by atoms with E-state index in [2.05, 4.69) is 34.9 Å². The number of rotatable bonds is 7. The second kappa shape index (κ2) is 8.45. The normalized spacial score (nSPS) is 17.0. The van der Waals surface area contributed by atoms with Gasteiger partial charge in [-0.3, -0.25) is 4.79 Å². The summed E-state index contributed by atoms with van der Waals surface area (Å²) >= 11 is 0. The van der Waals surface area contributed by atoms with Crippen LogP contribution in [0.3, 0.4) is 0 Å². The van der Waals surface area contributed by atoms with Crippen molar-refractivity contribution in [2.24, 2.45) is 0 Å². The first-order valence-corrected chi connectivity index (χ1v) is 9.40. The van der Waals surface area contributed by atoms with Crippen LogP contribution in [0.25, 0.3) is 0 Å². The highest BCUT2D eigenvalue weighted by Crippen LogP contribution is 2.40. The van der Waals surface area contributed by atoms with Crippen LogP contribution in [0, 0.1) is 5.82 Å². The monoisotopic (exact) mass is 354 g/mol. The summed E-state index contributed by atoms with van der Waals surface area (Å²) in [5.74, 6) is -0.298. The van der Waals surface area contributed by atoms with Gasteiger partial charge in [0.15, 0.2) is 0 Å². The number of hydrogen-bond donors (Lipinski definition) is 2. The van der Waals surface area contributed by atoms with Crippen LogP contribution in [0.1, 0.15) is 43.7 Å². The second-order valence-electron chi connectivity index (χ2n) is 7.30. The lowest BCUT2D eigenvalue weighted by Crippen LogP contribution is -2.47. The summed E-state index contributed by atoms with van der Waals surface area (Å²) in [7, 11) is 0. The molecule has 1 unspecified atom stereocenters. The molecule has 2 N–H and O–H groups in total. The molecule has 0 saturated heterocycles. The fourth-order valence-electron chi connectivity index (χ4n) is 3.80. The lowest BCUT2D eigenvalue weighted by Gasteiger charge is -2.31. The Morgan fingerprint density at radius 2 is 1.73 bits per heavy atom. The van der Waals surface area contributed by atoms with Crippen LogP contribution in [-0.4, -0.2) is 18.5 Å². The molecule has 3 nitrogen and oxygen atoms in total. The molecule has 1 fully saturated rings. The van der Waals surface area contributed by atoms with E-state index in [1.54, 1.807) is 12.1 Å². The van der Waals surface area contributed by atoms with Gasteiger partial charge in [0.2, 0.25) is 5.91 Å². The first-order chi connectivity index (χ1) is 12.6.